The SMILES string of the molecule is COc1ccccc1/C=C/C(=O)NCC1CCC(O)C1. The lowest BCUT2D eigenvalue weighted by molar-refractivity contribution is -0.116. The molecule has 2 N–H and O–H groups in total. The molecule has 0 spiro atoms. The van der Waals surface area contributed by atoms with Crippen molar-refractivity contribution in [2.75, 3.05) is 13.7 Å². The summed E-state index contributed by atoms with van der Waals surface area (Å²) in [6.07, 6.45) is 5.69. The van der Waals surface area contributed by atoms with Gasteiger partial charge in [-0.1, -0.05) is 18.2 Å². The summed E-state index contributed by atoms with van der Waals surface area (Å²) in [6, 6.07) is 7.55. The molecule has 2 rings (SSSR count). The first kappa shape index (κ1) is 14.6. The van der Waals surface area contributed by atoms with Crippen molar-refractivity contribution < 1.29 is 14.6 Å². The van der Waals surface area contributed by atoms with Crippen LogP contribution >= 0.6 is 0 Å². The second-order valence-electron chi connectivity index (χ2n) is 5.15. The van der Waals surface area contributed by atoms with Gasteiger partial charge in [0.1, 0.15) is 5.75 Å². The third-order valence-corrected chi connectivity index (χ3v) is 3.63. The molecule has 0 aromatic heterocycles. The Labute approximate surface area is 119 Å². The molecule has 4 heteroatoms. The normalized spacial score (nSPS) is 22.1. The summed E-state index contributed by atoms with van der Waals surface area (Å²) >= 11 is 0. The van der Waals surface area contributed by atoms with Crippen LogP contribution in [0.15, 0.2) is 30.3 Å². The van der Waals surface area contributed by atoms with Crippen molar-refractivity contribution in [3.8, 4) is 5.75 Å². The number of carbonyl (C=O) groups is 1. The molecule has 1 aliphatic carbocycles. The van der Waals surface area contributed by atoms with Crippen molar-refractivity contribution >= 4 is 12.0 Å². The van der Waals surface area contributed by atoms with Gasteiger partial charge in [0.25, 0.3) is 0 Å². The number of hydrogen-bond donors (Lipinski definition) is 2. The molecule has 2 unspecified atom stereocenters. The van der Waals surface area contributed by atoms with Crippen LogP contribution in [-0.4, -0.2) is 30.8 Å². The van der Waals surface area contributed by atoms with E-state index in [2.05, 4.69) is 5.32 Å². The number of benzene rings is 1. The van der Waals surface area contributed by atoms with Crippen molar-refractivity contribution in [2.24, 2.45) is 5.92 Å². The fourth-order valence-electron chi connectivity index (χ4n) is 2.51. The van der Waals surface area contributed by atoms with Crippen LogP contribution in [0.25, 0.3) is 6.08 Å². The monoisotopic (exact) mass is 275 g/mol. The number of aliphatic hydroxyl groups excluding tert-OH is 1. The van der Waals surface area contributed by atoms with Crippen LogP contribution in [-0.2, 0) is 4.79 Å². The fraction of sp³-hybridized carbons (Fsp3) is 0.438. The molecule has 20 heavy (non-hydrogen) atoms. The average molecular weight is 275 g/mol. The van der Waals surface area contributed by atoms with E-state index in [0.717, 1.165) is 30.6 Å². The lowest BCUT2D eigenvalue weighted by Crippen LogP contribution is -2.26. The van der Waals surface area contributed by atoms with Crippen LogP contribution in [0.3, 0.4) is 0 Å². The number of amides is 1. The molecule has 0 heterocycles. The first-order chi connectivity index (χ1) is 9.69. The quantitative estimate of drug-likeness (QED) is 0.808. The number of ether oxygens (including phenoxy) is 1. The third kappa shape index (κ3) is 4.10. The number of nitrogens with one attached hydrogen (secondary N) is 1. The molecule has 0 saturated heterocycles. The summed E-state index contributed by atoms with van der Waals surface area (Å²) in [5.74, 6) is 1.03. The Morgan fingerprint density at radius 3 is 2.95 bits per heavy atom. The standard InChI is InChI=1S/C16H21NO3/c1-20-15-5-3-2-4-13(15)7-9-16(19)17-11-12-6-8-14(18)10-12/h2-5,7,9,12,14,18H,6,8,10-11H2,1H3,(H,17,19)/b9-7+. The van der Waals surface area contributed by atoms with Crippen LogP contribution in [0.2, 0.25) is 0 Å². The molecule has 2 atom stereocenters. The van der Waals surface area contributed by atoms with Gasteiger partial charge in [0.2, 0.25) is 5.91 Å². The van der Waals surface area contributed by atoms with Crippen molar-refractivity contribution in [3.63, 3.8) is 0 Å². The van der Waals surface area contributed by atoms with Gasteiger partial charge in [-0.25, -0.2) is 0 Å². The number of aliphatic hydroxyl groups is 1. The molecule has 0 aliphatic heterocycles. The molecule has 4 nitrogen and oxygen atoms in total. The largest absolute Gasteiger partial charge is 0.496 e. The highest BCUT2D eigenvalue weighted by atomic mass is 16.5. The predicted molar refractivity (Wildman–Crippen MR) is 78.4 cm³/mol. The van der Waals surface area contributed by atoms with E-state index in [1.807, 2.05) is 24.3 Å². The van der Waals surface area contributed by atoms with Crippen LogP contribution in [0, 0.1) is 5.92 Å². The van der Waals surface area contributed by atoms with Gasteiger partial charge in [-0.05, 0) is 37.3 Å². The molecule has 108 valence electrons. The summed E-state index contributed by atoms with van der Waals surface area (Å²) in [7, 11) is 1.61. The number of carbonyl (C=O) groups excluding carboxylic acids is 1. The second kappa shape index (κ2) is 7.10. The van der Waals surface area contributed by atoms with E-state index in [4.69, 9.17) is 4.74 Å². The Kier molecular flexibility index (Phi) is 5.18. The van der Waals surface area contributed by atoms with Crippen LogP contribution < -0.4 is 10.1 Å². The zero-order chi connectivity index (χ0) is 14.4. The van der Waals surface area contributed by atoms with Crippen LogP contribution in [0.5, 0.6) is 5.75 Å². The Balaban J connectivity index is 1.83. The van der Waals surface area contributed by atoms with E-state index in [0.29, 0.717) is 12.5 Å². The molecule has 1 aliphatic rings. The zero-order valence-corrected chi connectivity index (χ0v) is 11.7. The summed E-state index contributed by atoms with van der Waals surface area (Å²) in [6.45, 7) is 0.631. The van der Waals surface area contributed by atoms with E-state index in [1.54, 1.807) is 13.2 Å². The van der Waals surface area contributed by atoms with Crippen LogP contribution in [0.4, 0.5) is 0 Å². The van der Waals surface area contributed by atoms with Crippen molar-refractivity contribution in [2.45, 2.75) is 25.4 Å². The molecule has 1 aromatic rings. The summed E-state index contributed by atoms with van der Waals surface area (Å²) in [5, 5.41) is 12.3. The molecule has 1 saturated carbocycles. The van der Waals surface area contributed by atoms with Gasteiger partial charge >= 0.3 is 0 Å². The molecular formula is C16H21NO3. The highest BCUT2D eigenvalue weighted by Crippen LogP contribution is 2.24. The predicted octanol–water partition coefficient (Wildman–Crippen LogP) is 1.99. The average Bonchev–Trinajstić information content (AvgIpc) is 2.89. The van der Waals surface area contributed by atoms with E-state index in [1.165, 1.54) is 6.08 Å². The minimum atomic E-state index is -0.193. The number of hydrogen-bond acceptors (Lipinski definition) is 3. The van der Waals surface area contributed by atoms with Gasteiger partial charge in [0, 0.05) is 18.2 Å². The van der Waals surface area contributed by atoms with E-state index in [-0.39, 0.29) is 12.0 Å². The second-order valence-corrected chi connectivity index (χ2v) is 5.15. The minimum absolute atomic E-state index is 0.114. The Bertz CT molecular complexity index is 484. The number of methoxy groups -OCH3 is 1. The van der Waals surface area contributed by atoms with Gasteiger partial charge in [-0.15, -0.1) is 0 Å². The molecule has 0 bridgehead atoms. The van der Waals surface area contributed by atoms with Gasteiger partial charge in [0.15, 0.2) is 0 Å². The Hall–Kier alpha value is -1.81. The smallest absolute Gasteiger partial charge is 0.244 e. The lowest BCUT2D eigenvalue weighted by atomic mass is 10.1. The van der Waals surface area contributed by atoms with Crippen molar-refractivity contribution in [1.82, 2.24) is 5.32 Å². The number of rotatable bonds is 5. The van der Waals surface area contributed by atoms with Crippen molar-refractivity contribution in [3.05, 3.63) is 35.9 Å². The molecule has 1 aromatic carbocycles. The van der Waals surface area contributed by atoms with E-state index in [9.17, 15) is 9.90 Å². The molecule has 1 fully saturated rings. The molecule has 1 amide bonds. The molecule has 0 radical (unpaired) electrons. The maximum atomic E-state index is 11.8. The summed E-state index contributed by atoms with van der Waals surface area (Å²) < 4.78 is 5.22. The maximum absolute atomic E-state index is 11.8. The summed E-state index contributed by atoms with van der Waals surface area (Å²) in [4.78, 5) is 11.8. The minimum Gasteiger partial charge on any atom is -0.496 e. The van der Waals surface area contributed by atoms with E-state index < -0.39 is 0 Å². The topological polar surface area (TPSA) is 58.6 Å². The van der Waals surface area contributed by atoms with Gasteiger partial charge in [0.05, 0.1) is 13.2 Å². The van der Waals surface area contributed by atoms with Crippen molar-refractivity contribution in [1.29, 1.82) is 0 Å². The van der Waals surface area contributed by atoms with Gasteiger partial charge < -0.3 is 15.2 Å². The number of para-hydroxylation sites is 1. The highest BCUT2D eigenvalue weighted by molar-refractivity contribution is 5.92. The Morgan fingerprint density at radius 1 is 1.45 bits per heavy atom. The molecular weight excluding hydrogens is 254 g/mol. The van der Waals surface area contributed by atoms with Gasteiger partial charge in [-0.2, -0.15) is 0 Å². The third-order valence-electron chi connectivity index (χ3n) is 3.63. The Morgan fingerprint density at radius 2 is 2.25 bits per heavy atom. The highest BCUT2D eigenvalue weighted by Gasteiger charge is 2.22. The summed E-state index contributed by atoms with van der Waals surface area (Å²) in [5.41, 5.74) is 0.876. The zero-order valence-electron chi connectivity index (χ0n) is 11.7. The fourth-order valence-corrected chi connectivity index (χ4v) is 2.51. The first-order valence-electron chi connectivity index (χ1n) is 6.96. The lowest BCUT2D eigenvalue weighted by Gasteiger charge is -2.09. The van der Waals surface area contributed by atoms with E-state index >= 15 is 0 Å². The van der Waals surface area contributed by atoms with Gasteiger partial charge in [-0.3, -0.25) is 4.79 Å². The first-order valence-corrected chi connectivity index (χ1v) is 6.96. The van der Waals surface area contributed by atoms with Crippen LogP contribution in [0.1, 0.15) is 24.8 Å². The maximum Gasteiger partial charge on any atom is 0.244 e.